The Kier molecular flexibility index (Phi) is 3.14. The Morgan fingerprint density at radius 2 is 2.06 bits per heavy atom. The minimum Gasteiger partial charge on any atom is -0.397 e. The van der Waals surface area contributed by atoms with Crippen LogP contribution in [0.3, 0.4) is 0 Å². The molecule has 0 bridgehead atoms. The van der Waals surface area contributed by atoms with Crippen LogP contribution in [-0.2, 0) is 12.7 Å². The zero-order chi connectivity index (χ0) is 13.2. The molecular formula is C11H11F3N4. The lowest BCUT2D eigenvalue weighted by Crippen LogP contribution is -2.08. The van der Waals surface area contributed by atoms with Gasteiger partial charge in [-0.05, 0) is 24.3 Å². The Morgan fingerprint density at radius 3 is 2.61 bits per heavy atom. The van der Waals surface area contributed by atoms with E-state index in [1.165, 1.54) is 6.07 Å². The maximum Gasteiger partial charge on any atom is 0.416 e. The molecule has 0 fully saturated rings. The number of H-pyrrole nitrogens is 1. The number of anilines is 2. The lowest BCUT2D eigenvalue weighted by Gasteiger charge is -2.12. The first-order valence-electron chi connectivity index (χ1n) is 5.15. The second-order valence-corrected chi connectivity index (χ2v) is 3.74. The topological polar surface area (TPSA) is 66.7 Å². The summed E-state index contributed by atoms with van der Waals surface area (Å²) >= 11 is 0. The molecule has 4 nitrogen and oxygen atoms in total. The lowest BCUT2D eigenvalue weighted by atomic mass is 10.1. The fraction of sp³-hybridized carbons (Fsp3) is 0.182. The highest BCUT2D eigenvalue weighted by atomic mass is 19.4. The van der Waals surface area contributed by atoms with Crippen molar-refractivity contribution in [1.82, 2.24) is 10.2 Å². The molecule has 0 aliphatic rings. The Balaban J connectivity index is 2.10. The molecule has 1 aromatic heterocycles. The Labute approximate surface area is 101 Å². The molecule has 0 atom stereocenters. The van der Waals surface area contributed by atoms with E-state index in [1.54, 1.807) is 12.3 Å². The third kappa shape index (κ3) is 2.73. The van der Waals surface area contributed by atoms with Gasteiger partial charge in [0.05, 0.1) is 29.2 Å². The first-order chi connectivity index (χ1) is 8.47. The molecule has 2 rings (SSSR count). The number of benzene rings is 1. The molecule has 0 saturated carbocycles. The molecule has 4 N–H and O–H groups in total. The van der Waals surface area contributed by atoms with Crippen molar-refractivity contribution in [3.05, 3.63) is 41.7 Å². The largest absolute Gasteiger partial charge is 0.416 e. The number of hydrogen-bond acceptors (Lipinski definition) is 3. The van der Waals surface area contributed by atoms with Gasteiger partial charge in [-0.3, -0.25) is 5.10 Å². The SMILES string of the molecule is Nc1cc(C(F)(F)F)ccc1NCc1ccn[nH]1. The minimum atomic E-state index is -4.38. The zero-order valence-corrected chi connectivity index (χ0v) is 9.25. The Hall–Kier alpha value is -2.18. The molecular weight excluding hydrogens is 245 g/mol. The van der Waals surface area contributed by atoms with Crippen molar-refractivity contribution >= 4 is 11.4 Å². The number of nitrogens with one attached hydrogen (secondary N) is 2. The van der Waals surface area contributed by atoms with Crippen molar-refractivity contribution in [3.63, 3.8) is 0 Å². The molecule has 0 amide bonds. The fourth-order valence-electron chi connectivity index (χ4n) is 1.47. The van der Waals surface area contributed by atoms with E-state index in [-0.39, 0.29) is 5.69 Å². The average Bonchev–Trinajstić information content (AvgIpc) is 2.79. The second-order valence-electron chi connectivity index (χ2n) is 3.74. The molecule has 1 heterocycles. The van der Waals surface area contributed by atoms with Crippen LogP contribution in [0, 0.1) is 0 Å². The maximum absolute atomic E-state index is 12.4. The molecule has 1 aromatic carbocycles. The third-order valence-corrected chi connectivity index (χ3v) is 2.41. The van der Waals surface area contributed by atoms with E-state index in [1.807, 2.05) is 0 Å². The van der Waals surface area contributed by atoms with Crippen LogP contribution < -0.4 is 11.1 Å². The standard InChI is InChI=1S/C11H11F3N4/c12-11(13,14)7-1-2-10(9(15)5-7)16-6-8-3-4-17-18-8/h1-5,16H,6,15H2,(H,17,18). The van der Waals surface area contributed by atoms with Crippen LogP contribution in [0.15, 0.2) is 30.5 Å². The van der Waals surface area contributed by atoms with Crippen molar-refractivity contribution in [2.75, 3.05) is 11.1 Å². The van der Waals surface area contributed by atoms with Gasteiger partial charge in [-0.15, -0.1) is 0 Å². The van der Waals surface area contributed by atoms with Gasteiger partial charge in [0.25, 0.3) is 0 Å². The predicted octanol–water partition coefficient (Wildman–Crippen LogP) is 2.62. The summed E-state index contributed by atoms with van der Waals surface area (Å²) < 4.78 is 37.3. The van der Waals surface area contributed by atoms with Crippen LogP contribution in [0.4, 0.5) is 24.5 Å². The molecule has 0 aliphatic heterocycles. The van der Waals surface area contributed by atoms with Crippen LogP contribution >= 0.6 is 0 Å². The number of hydrogen-bond donors (Lipinski definition) is 3. The molecule has 0 spiro atoms. The summed E-state index contributed by atoms with van der Waals surface area (Å²) in [5, 5.41) is 9.42. The highest BCUT2D eigenvalue weighted by Crippen LogP contribution is 2.32. The van der Waals surface area contributed by atoms with Crippen LogP contribution in [0.1, 0.15) is 11.3 Å². The fourth-order valence-corrected chi connectivity index (χ4v) is 1.47. The monoisotopic (exact) mass is 256 g/mol. The molecule has 96 valence electrons. The summed E-state index contributed by atoms with van der Waals surface area (Å²) in [5.41, 5.74) is 6.14. The van der Waals surface area contributed by atoms with Crippen molar-refractivity contribution in [1.29, 1.82) is 0 Å². The lowest BCUT2D eigenvalue weighted by molar-refractivity contribution is -0.137. The summed E-state index contributed by atoms with van der Waals surface area (Å²) in [6.45, 7) is 0.412. The average molecular weight is 256 g/mol. The van der Waals surface area contributed by atoms with Gasteiger partial charge in [0.1, 0.15) is 0 Å². The van der Waals surface area contributed by atoms with Crippen molar-refractivity contribution in [2.45, 2.75) is 12.7 Å². The number of halogens is 3. The Morgan fingerprint density at radius 1 is 1.28 bits per heavy atom. The number of aromatic nitrogens is 2. The summed E-state index contributed by atoms with van der Waals surface area (Å²) in [5.74, 6) is 0. The van der Waals surface area contributed by atoms with Gasteiger partial charge in [0.2, 0.25) is 0 Å². The normalized spacial score (nSPS) is 11.5. The quantitative estimate of drug-likeness (QED) is 0.739. The maximum atomic E-state index is 12.4. The molecule has 18 heavy (non-hydrogen) atoms. The van der Waals surface area contributed by atoms with E-state index in [0.29, 0.717) is 12.2 Å². The number of nitrogen functional groups attached to an aromatic ring is 1. The van der Waals surface area contributed by atoms with Gasteiger partial charge in [-0.25, -0.2) is 0 Å². The molecule has 0 saturated heterocycles. The van der Waals surface area contributed by atoms with E-state index in [4.69, 9.17) is 5.73 Å². The molecule has 7 heteroatoms. The number of alkyl halides is 3. The van der Waals surface area contributed by atoms with Gasteiger partial charge >= 0.3 is 6.18 Å². The molecule has 0 unspecified atom stereocenters. The van der Waals surface area contributed by atoms with Gasteiger partial charge in [-0.2, -0.15) is 18.3 Å². The predicted molar refractivity (Wildman–Crippen MR) is 61.8 cm³/mol. The van der Waals surface area contributed by atoms with Gasteiger partial charge in [0, 0.05) is 6.20 Å². The van der Waals surface area contributed by atoms with E-state index >= 15 is 0 Å². The Bertz CT molecular complexity index is 520. The van der Waals surface area contributed by atoms with E-state index in [2.05, 4.69) is 15.5 Å². The zero-order valence-electron chi connectivity index (χ0n) is 9.25. The van der Waals surface area contributed by atoms with Crippen LogP contribution in [-0.4, -0.2) is 10.2 Å². The van der Waals surface area contributed by atoms with Gasteiger partial charge in [-0.1, -0.05) is 0 Å². The number of rotatable bonds is 3. The highest BCUT2D eigenvalue weighted by molar-refractivity contribution is 5.67. The second kappa shape index (κ2) is 4.59. The smallest absolute Gasteiger partial charge is 0.397 e. The molecule has 0 radical (unpaired) electrons. The number of nitrogens with two attached hydrogens (primary N) is 1. The van der Waals surface area contributed by atoms with Crippen LogP contribution in [0.5, 0.6) is 0 Å². The van der Waals surface area contributed by atoms with Crippen molar-refractivity contribution in [3.8, 4) is 0 Å². The summed E-state index contributed by atoms with van der Waals surface area (Å²) in [4.78, 5) is 0. The third-order valence-electron chi connectivity index (χ3n) is 2.41. The van der Waals surface area contributed by atoms with Crippen molar-refractivity contribution < 1.29 is 13.2 Å². The van der Waals surface area contributed by atoms with Crippen LogP contribution in [0.2, 0.25) is 0 Å². The minimum absolute atomic E-state index is 0.0596. The first kappa shape index (κ1) is 12.3. The summed E-state index contributed by atoms with van der Waals surface area (Å²) in [6.07, 6.45) is -2.79. The number of aromatic amines is 1. The number of nitrogens with zero attached hydrogens (tertiary/aromatic N) is 1. The van der Waals surface area contributed by atoms with Crippen LogP contribution in [0.25, 0.3) is 0 Å². The van der Waals surface area contributed by atoms with Gasteiger partial charge in [0.15, 0.2) is 0 Å². The van der Waals surface area contributed by atoms with E-state index in [0.717, 1.165) is 17.8 Å². The van der Waals surface area contributed by atoms with Gasteiger partial charge < -0.3 is 11.1 Å². The molecule has 2 aromatic rings. The summed E-state index contributed by atoms with van der Waals surface area (Å²) in [7, 11) is 0. The van der Waals surface area contributed by atoms with E-state index in [9.17, 15) is 13.2 Å². The summed E-state index contributed by atoms with van der Waals surface area (Å²) in [6, 6.07) is 4.97. The van der Waals surface area contributed by atoms with Crippen molar-refractivity contribution in [2.24, 2.45) is 0 Å². The molecule has 0 aliphatic carbocycles. The van der Waals surface area contributed by atoms with E-state index < -0.39 is 11.7 Å². The first-order valence-corrected chi connectivity index (χ1v) is 5.15. The highest BCUT2D eigenvalue weighted by Gasteiger charge is 2.30.